The fourth-order valence-electron chi connectivity index (χ4n) is 5.07. The summed E-state index contributed by atoms with van der Waals surface area (Å²) in [6.45, 7) is 3.70. The first kappa shape index (κ1) is 19.2. The lowest BCUT2D eigenvalue weighted by Crippen LogP contribution is -2.49. The van der Waals surface area contributed by atoms with Gasteiger partial charge in [0.15, 0.2) is 0 Å². The van der Waals surface area contributed by atoms with Crippen molar-refractivity contribution in [1.29, 1.82) is 0 Å². The van der Waals surface area contributed by atoms with Crippen LogP contribution in [0.3, 0.4) is 0 Å². The van der Waals surface area contributed by atoms with Crippen LogP contribution in [-0.4, -0.2) is 35.1 Å². The van der Waals surface area contributed by atoms with Gasteiger partial charge in [0.1, 0.15) is 0 Å². The second kappa shape index (κ2) is 8.08. The monoisotopic (exact) mass is 377 g/mol. The second-order valence-electron chi connectivity index (χ2n) is 8.62. The normalized spacial score (nSPS) is 24.6. The van der Waals surface area contributed by atoms with Gasteiger partial charge in [0.25, 0.3) is 5.91 Å². The maximum Gasteiger partial charge on any atom is 0.253 e. The Bertz CT molecular complexity index is 811. The molecule has 1 aliphatic carbocycles. The molecule has 0 bridgehead atoms. The van der Waals surface area contributed by atoms with Crippen LogP contribution in [0.25, 0.3) is 11.1 Å². The van der Waals surface area contributed by atoms with Crippen molar-refractivity contribution in [3.8, 4) is 11.1 Å². The standard InChI is InChI=1S/C25H31NO2/c1-2-5-19-7-9-20(10-8-19)21-11-13-22(14-12-21)24(28)26-17-4-16-25(18-26)15-3-6-23(25)27/h7-14,23,27H,2-6,15-18H2,1H3/t23-,25-/m1/s1. The van der Waals surface area contributed by atoms with Crippen molar-refractivity contribution in [1.82, 2.24) is 4.90 Å². The molecule has 2 fully saturated rings. The number of aliphatic hydroxyl groups is 1. The molecule has 1 saturated carbocycles. The average molecular weight is 378 g/mol. The maximum atomic E-state index is 13.1. The zero-order valence-electron chi connectivity index (χ0n) is 16.9. The zero-order chi connectivity index (χ0) is 19.6. The van der Waals surface area contributed by atoms with E-state index < -0.39 is 0 Å². The van der Waals surface area contributed by atoms with Gasteiger partial charge in [-0.15, -0.1) is 0 Å². The van der Waals surface area contributed by atoms with Gasteiger partial charge in [-0.2, -0.15) is 0 Å². The first-order chi connectivity index (χ1) is 13.6. The molecule has 1 heterocycles. The fraction of sp³-hybridized carbons (Fsp3) is 0.480. The molecule has 1 N–H and O–H groups in total. The first-order valence-electron chi connectivity index (χ1n) is 10.8. The Morgan fingerprint density at radius 3 is 2.29 bits per heavy atom. The van der Waals surface area contributed by atoms with Gasteiger partial charge in [0.2, 0.25) is 0 Å². The molecule has 2 atom stereocenters. The van der Waals surface area contributed by atoms with Crippen LogP contribution >= 0.6 is 0 Å². The SMILES string of the molecule is CCCc1ccc(-c2ccc(C(=O)N3CCC[C@]4(CCC[C@H]4O)C3)cc2)cc1. The van der Waals surface area contributed by atoms with Crippen LogP contribution in [0.1, 0.15) is 61.4 Å². The van der Waals surface area contributed by atoms with Crippen molar-refractivity contribution in [3.63, 3.8) is 0 Å². The van der Waals surface area contributed by atoms with Crippen molar-refractivity contribution in [2.45, 2.75) is 58.0 Å². The van der Waals surface area contributed by atoms with E-state index in [0.717, 1.165) is 62.6 Å². The molecule has 1 amide bonds. The number of hydrogen-bond donors (Lipinski definition) is 1. The molecule has 0 unspecified atom stereocenters. The van der Waals surface area contributed by atoms with Gasteiger partial charge in [0, 0.05) is 24.1 Å². The molecular formula is C25H31NO2. The number of benzene rings is 2. The van der Waals surface area contributed by atoms with Crippen molar-refractivity contribution in [2.24, 2.45) is 5.41 Å². The third-order valence-electron chi connectivity index (χ3n) is 6.71. The summed E-state index contributed by atoms with van der Waals surface area (Å²) < 4.78 is 0. The molecule has 3 heteroatoms. The van der Waals surface area contributed by atoms with E-state index in [2.05, 4.69) is 31.2 Å². The maximum absolute atomic E-state index is 13.1. The zero-order valence-corrected chi connectivity index (χ0v) is 16.9. The molecule has 2 aromatic carbocycles. The molecule has 148 valence electrons. The highest BCUT2D eigenvalue weighted by Gasteiger charge is 2.45. The van der Waals surface area contributed by atoms with Crippen LogP contribution in [0, 0.1) is 5.41 Å². The fourth-order valence-corrected chi connectivity index (χ4v) is 5.07. The number of piperidine rings is 1. The largest absolute Gasteiger partial charge is 0.392 e. The topological polar surface area (TPSA) is 40.5 Å². The summed E-state index contributed by atoms with van der Waals surface area (Å²) in [4.78, 5) is 15.0. The number of amides is 1. The second-order valence-corrected chi connectivity index (χ2v) is 8.62. The van der Waals surface area contributed by atoms with Crippen LogP contribution in [0.2, 0.25) is 0 Å². The van der Waals surface area contributed by atoms with E-state index in [9.17, 15) is 9.90 Å². The minimum atomic E-state index is -0.249. The lowest BCUT2D eigenvalue weighted by molar-refractivity contribution is -0.00535. The Balaban J connectivity index is 1.46. The predicted molar refractivity (Wildman–Crippen MR) is 113 cm³/mol. The van der Waals surface area contributed by atoms with Crippen molar-refractivity contribution < 1.29 is 9.90 Å². The van der Waals surface area contributed by atoms with E-state index >= 15 is 0 Å². The van der Waals surface area contributed by atoms with E-state index in [4.69, 9.17) is 0 Å². The molecule has 1 saturated heterocycles. The molecule has 1 aliphatic heterocycles. The Morgan fingerprint density at radius 2 is 1.68 bits per heavy atom. The van der Waals surface area contributed by atoms with Crippen LogP contribution in [0.15, 0.2) is 48.5 Å². The molecule has 0 radical (unpaired) electrons. The molecule has 1 spiro atoms. The van der Waals surface area contributed by atoms with Crippen LogP contribution in [0.4, 0.5) is 0 Å². The van der Waals surface area contributed by atoms with E-state index in [1.807, 2.05) is 29.2 Å². The molecule has 4 rings (SSSR count). The average Bonchev–Trinajstić information content (AvgIpc) is 3.08. The number of rotatable bonds is 4. The summed E-state index contributed by atoms with van der Waals surface area (Å²) in [6.07, 6.45) is 7.06. The molecule has 3 nitrogen and oxygen atoms in total. The molecule has 2 aromatic rings. The summed E-state index contributed by atoms with van der Waals surface area (Å²) in [7, 11) is 0. The number of carbonyl (C=O) groups excluding carboxylic acids is 1. The lowest BCUT2D eigenvalue weighted by atomic mass is 9.76. The molecular weight excluding hydrogens is 346 g/mol. The first-order valence-corrected chi connectivity index (χ1v) is 10.8. The summed E-state index contributed by atoms with van der Waals surface area (Å²) in [6, 6.07) is 16.7. The van der Waals surface area contributed by atoms with Crippen LogP contribution < -0.4 is 0 Å². The summed E-state index contributed by atoms with van der Waals surface area (Å²) in [5, 5.41) is 10.5. The number of hydrogen-bond acceptors (Lipinski definition) is 2. The Hall–Kier alpha value is -2.13. The number of aryl methyl sites for hydroxylation is 1. The van der Waals surface area contributed by atoms with Crippen LogP contribution in [-0.2, 0) is 6.42 Å². The smallest absolute Gasteiger partial charge is 0.253 e. The molecule has 2 aliphatic rings. The van der Waals surface area contributed by atoms with Gasteiger partial charge in [-0.25, -0.2) is 0 Å². The molecule has 28 heavy (non-hydrogen) atoms. The third kappa shape index (κ3) is 3.73. The number of carbonyl (C=O) groups is 1. The van der Waals surface area contributed by atoms with Gasteiger partial charge in [0.05, 0.1) is 6.10 Å². The predicted octanol–water partition coefficient (Wildman–Crippen LogP) is 5.07. The van der Waals surface area contributed by atoms with Gasteiger partial charge in [-0.1, -0.05) is 56.2 Å². The quantitative estimate of drug-likeness (QED) is 0.808. The Labute approximate surface area is 168 Å². The number of aliphatic hydroxyl groups excluding tert-OH is 1. The van der Waals surface area contributed by atoms with Crippen molar-refractivity contribution in [3.05, 3.63) is 59.7 Å². The highest BCUT2D eigenvalue weighted by atomic mass is 16.3. The van der Waals surface area contributed by atoms with Crippen molar-refractivity contribution in [2.75, 3.05) is 13.1 Å². The van der Waals surface area contributed by atoms with E-state index in [1.165, 1.54) is 11.1 Å². The molecule has 0 aromatic heterocycles. The van der Waals surface area contributed by atoms with Gasteiger partial charge in [-0.3, -0.25) is 4.79 Å². The minimum absolute atomic E-state index is 0.0614. The van der Waals surface area contributed by atoms with Crippen LogP contribution in [0.5, 0.6) is 0 Å². The lowest BCUT2D eigenvalue weighted by Gasteiger charge is -2.42. The van der Waals surface area contributed by atoms with E-state index in [-0.39, 0.29) is 17.4 Å². The van der Waals surface area contributed by atoms with Crippen molar-refractivity contribution >= 4 is 5.91 Å². The van der Waals surface area contributed by atoms with Gasteiger partial charge in [-0.05, 0) is 60.9 Å². The third-order valence-corrected chi connectivity index (χ3v) is 6.71. The van der Waals surface area contributed by atoms with E-state index in [0.29, 0.717) is 6.54 Å². The Morgan fingerprint density at radius 1 is 1.04 bits per heavy atom. The van der Waals surface area contributed by atoms with Gasteiger partial charge < -0.3 is 10.0 Å². The number of nitrogens with zero attached hydrogens (tertiary/aromatic N) is 1. The Kier molecular flexibility index (Phi) is 5.54. The summed E-state index contributed by atoms with van der Waals surface area (Å²) in [5.41, 5.74) is 4.38. The highest BCUT2D eigenvalue weighted by Crippen LogP contribution is 2.45. The van der Waals surface area contributed by atoms with E-state index in [1.54, 1.807) is 0 Å². The minimum Gasteiger partial charge on any atom is -0.392 e. The summed E-state index contributed by atoms with van der Waals surface area (Å²) >= 11 is 0. The summed E-state index contributed by atoms with van der Waals surface area (Å²) in [5.74, 6) is 0.100. The number of likely N-dealkylation sites (tertiary alicyclic amines) is 1. The highest BCUT2D eigenvalue weighted by molar-refractivity contribution is 5.94. The van der Waals surface area contributed by atoms with Gasteiger partial charge >= 0.3 is 0 Å².